The van der Waals surface area contributed by atoms with Crippen LogP contribution < -0.4 is 5.73 Å². The summed E-state index contributed by atoms with van der Waals surface area (Å²) in [5, 5.41) is 0. The first-order valence-electron chi connectivity index (χ1n) is 6.54. The molecule has 0 spiro atoms. The Hall–Kier alpha value is -1.11. The minimum atomic E-state index is -4.31. The van der Waals surface area contributed by atoms with Gasteiger partial charge in [0.2, 0.25) is 0 Å². The number of likely N-dealkylation sites (N-methyl/N-ethyl adjacent to an activating group) is 1. The lowest BCUT2D eigenvalue weighted by atomic mass is 10.0. The summed E-state index contributed by atoms with van der Waals surface area (Å²) in [4.78, 5) is 2.09. The lowest BCUT2D eigenvalue weighted by molar-refractivity contribution is -0.137. The Labute approximate surface area is 117 Å². The minimum absolute atomic E-state index is 0.0996. The largest absolute Gasteiger partial charge is 0.416 e. The van der Waals surface area contributed by atoms with Gasteiger partial charge in [-0.25, -0.2) is 0 Å². The van der Waals surface area contributed by atoms with Gasteiger partial charge >= 0.3 is 6.18 Å². The molecular weight excluding hydrogens is 269 g/mol. The molecule has 0 aromatic heterocycles. The zero-order chi connectivity index (χ0) is 15.2. The van der Waals surface area contributed by atoms with Gasteiger partial charge < -0.3 is 10.5 Å². The van der Waals surface area contributed by atoms with Crippen molar-refractivity contribution >= 4 is 0 Å². The second kappa shape index (κ2) is 7.61. The summed E-state index contributed by atoms with van der Waals surface area (Å²) in [7, 11) is 1.61. The van der Waals surface area contributed by atoms with Crippen LogP contribution in [0, 0.1) is 0 Å². The van der Waals surface area contributed by atoms with Gasteiger partial charge in [-0.1, -0.05) is 19.1 Å². The van der Waals surface area contributed by atoms with Gasteiger partial charge in [-0.05, 0) is 24.2 Å². The van der Waals surface area contributed by atoms with E-state index in [-0.39, 0.29) is 6.04 Å². The van der Waals surface area contributed by atoms with Crippen LogP contribution in [-0.2, 0) is 10.9 Å². The highest BCUT2D eigenvalue weighted by Crippen LogP contribution is 2.30. The van der Waals surface area contributed by atoms with Gasteiger partial charge in [-0.15, -0.1) is 0 Å². The molecule has 1 atom stereocenters. The van der Waals surface area contributed by atoms with E-state index in [0.717, 1.165) is 24.2 Å². The summed E-state index contributed by atoms with van der Waals surface area (Å²) in [6, 6.07) is 5.09. The average molecular weight is 290 g/mol. The fourth-order valence-corrected chi connectivity index (χ4v) is 2.13. The molecule has 1 unspecified atom stereocenters. The molecule has 0 saturated heterocycles. The van der Waals surface area contributed by atoms with E-state index in [1.807, 2.05) is 6.92 Å². The van der Waals surface area contributed by atoms with Crippen LogP contribution in [0.3, 0.4) is 0 Å². The summed E-state index contributed by atoms with van der Waals surface area (Å²) < 4.78 is 42.7. The molecule has 1 aromatic carbocycles. The summed E-state index contributed by atoms with van der Waals surface area (Å²) >= 11 is 0. The fourth-order valence-electron chi connectivity index (χ4n) is 2.13. The molecule has 0 heterocycles. The van der Waals surface area contributed by atoms with Crippen molar-refractivity contribution in [1.82, 2.24) is 4.90 Å². The van der Waals surface area contributed by atoms with Gasteiger partial charge in [0, 0.05) is 26.2 Å². The van der Waals surface area contributed by atoms with Crippen LogP contribution in [0.4, 0.5) is 13.2 Å². The maximum absolute atomic E-state index is 12.5. The van der Waals surface area contributed by atoms with Gasteiger partial charge in [0.05, 0.1) is 12.2 Å². The highest BCUT2D eigenvalue weighted by atomic mass is 19.4. The topological polar surface area (TPSA) is 38.5 Å². The van der Waals surface area contributed by atoms with Crippen LogP contribution in [0.2, 0.25) is 0 Å². The minimum Gasteiger partial charge on any atom is -0.383 e. The van der Waals surface area contributed by atoms with E-state index in [4.69, 9.17) is 10.5 Å². The van der Waals surface area contributed by atoms with Gasteiger partial charge in [-0.3, -0.25) is 4.90 Å². The van der Waals surface area contributed by atoms with E-state index >= 15 is 0 Å². The van der Waals surface area contributed by atoms with E-state index in [1.54, 1.807) is 7.11 Å². The standard InChI is InChI=1S/C14H21F3N2O/c1-3-19(8-9-20-2)13(10-18)11-4-6-12(7-5-11)14(15,16)17/h4-7,13H,3,8-10,18H2,1-2H3. The third-order valence-corrected chi connectivity index (χ3v) is 3.28. The molecule has 2 N–H and O–H groups in total. The van der Waals surface area contributed by atoms with Crippen LogP contribution in [0.1, 0.15) is 24.1 Å². The molecule has 0 bridgehead atoms. The lowest BCUT2D eigenvalue weighted by Crippen LogP contribution is -2.36. The Balaban J connectivity index is 2.88. The molecule has 1 aromatic rings. The fraction of sp³-hybridized carbons (Fsp3) is 0.571. The van der Waals surface area contributed by atoms with Crippen LogP contribution >= 0.6 is 0 Å². The van der Waals surface area contributed by atoms with E-state index in [2.05, 4.69) is 4.90 Å². The van der Waals surface area contributed by atoms with Gasteiger partial charge in [-0.2, -0.15) is 13.2 Å². The third-order valence-electron chi connectivity index (χ3n) is 3.28. The highest BCUT2D eigenvalue weighted by molar-refractivity contribution is 5.27. The van der Waals surface area contributed by atoms with E-state index in [1.165, 1.54) is 12.1 Å². The Kier molecular flexibility index (Phi) is 6.45. The Bertz CT molecular complexity index is 392. The van der Waals surface area contributed by atoms with Crippen molar-refractivity contribution in [3.63, 3.8) is 0 Å². The molecule has 0 aliphatic carbocycles. The van der Waals surface area contributed by atoms with Crippen LogP contribution in [-0.4, -0.2) is 38.3 Å². The average Bonchev–Trinajstić information content (AvgIpc) is 2.42. The van der Waals surface area contributed by atoms with E-state index < -0.39 is 11.7 Å². The monoisotopic (exact) mass is 290 g/mol. The lowest BCUT2D eigenvalue weighted by Gasteiger charge is -2.30. The van der Waals surface area contributed by atoms with Gasteiger partial charge in [0.1, 0.15) is 0 Å². The van der Waals surface area contributed by atoms with Crippen molar-refractivity contribution in [2.45, 2.75) is 19.1 Å². The zero-order valence-corrected chi connectivity index (χ0v) is 11.8. The number of hydrogen-bond acceptors (Lipinski definition) is 3. The Morgan fingerprint density at radius 2 is 1.85 bits per heavy atom. The van der Waals surface area contributed by atoms with Gasteiger partial charge in [0.15, 0.2) is 0 Å². The first-order chi connectivity index (χ1) is 9.43. The van der Waals surface area contributed by atoms with Gasteiger partial charge in [0.25, 0.3) is 0 Å². The quantitative estimate of drug-likeness (QED) is 0.839. The number of alkyl halides is 3. The molecule has 3 nitrogen and oxygen atoms in total. The second-order valence-corrected chi connectivity index (χ2v) is 4.49. The number of ether oxygens (including phenoxy) is 1. The van der Waals surface area contributed by atoms with Crippen molar-refractivity contribution in [2.24, 2.45) is 5.73 Å². The number of rotatable bonds is 7. The molecule has 0 amide bonds. The first kappa shape index (κ1) is 16.9. The predicted molar refractivity (Wildman–Crippen MR) is 72.4 cm³/mol. The Morgan fingerprint density at radius 1 is 1.25 bits per heavy atom. The zero-order valence-electron chi connectivity index (χ0n) is 11.8. The number of nitrogens with zero attached hydrogens (tertiary/aromatic N) is 1. The highest BCUT2D eigenvalue weighted by Gasteiger charge is 2.30. The van der Waals surface area contributed by atoms with Crippen molar-refractivity contribution in [3.05, 3.63) is 35.4 Å². The summed E-state index contributed by atoms with van der Waals surface area (Å²) in [5.41, 5.74) is 5.92. The number of nitrogens with two attached hydrogens (primary N) is 1. The van der Waals surface area contributed by atoms with Crippen molar-refractivity contribution in [2.75, 3.05) is 33.4 Å². The van der Waals surface area contributed by atoms with Crippen molar-refractivity contribution in [1.29, 1.82) is 0 Å². The molecule has 0 fully saturated rings. The first-order valence-corrected chi connectivity index (χ1v) is 6.54. The maximum Gasteiger partial charge on any atom is 0.416 e. The van der Waals surface area contributed by atoms with Crippen LogP contribution in [0.25, 0.3) is 0 Å². The summed E-state index contributed by atoms with van der Waals surface area (Å²) in [5.74, 6) is 0. The molecule has 0 radical (unpaired) electrons. The SMILES string of the molecule is CCN(CCOC)C(CN)c1ccc(C(F)(F)F)cc1. The second-order valence-electron chi connectivity index (χ2n) is 4.49. The molecule has 0 aliphatic heterocycles. The van der Waals surface area contributed by atoms with Crippen molar-refractivity contribution < 1.29 is 17.9 Å². The predicted octanol–water partition coefficient (Wildman–Crippen LogP) is 2.67. The molecule has 114 valence electrons. The molecule has 1 rings (SSSR count). The van der Waals surface area contributed by atoms with Crippen LogP contribution in [0.5, 0.6) is 0 Å². The summed E-state index contributed by atoms with van der Waals surface area (Å²) in [6.45, 7) is 4.35. The summed E-state index contributed by atoms with van der Waals surface area (Å²) in [6.07, 6.45) is -4.31. The maximum atomic E-state index is 12.5. The Morgan fingerprint density at radius 3 is 2.25 bits per heavy atom. The molecule has 0 aliphatic rings. The number of methoxy groups -OCH3 is 1. The van der Waals surface area contributed by atoms with Crippen LogP contribution in [0.15, 0.2) is 24.3 Å². The van der Waals surface area contributed by atoms with E-state index in [0.29, 0.717) is 19.7 Å². The molecule has 6 heteroatoms. The third kappa shape index (κ3) is 4.47. The number of halogens is 3. The smallest absolute Gasteiger partial charge is 0.383 e. The number of benzene rings is 1. The number of hydrogen-bond donors (Lipinski definition) is 1. The van der Waals surface area contributed by atoms with Crippen molar-refractivity contribution in [3.8, 4) is 0 Å². The van der Waals surface area contributed by atoms with E-state index in [9.17, 15) is 13.2 Å². The normalized spacial score (nSPS) is 13.8. The molecule has 20 heavy (non-hydrogen) atoms. The molecule has 0 saturated carbocycles. The molecular formula is C14H21F3N2O.